The minimum Gasteiger partial charge on any atom is -0.456 e. The summed E-state index contributed by atoms with van der Waals surface area (Å²) in [6.07, 6.45) is 0. The van der Waals surface area contributed by atoms with E-state index in [1.165, 1.54) is 103 Å². The minimum atomic E-state index is 0.875. The third-order valence-electron chi connectivity index (χ3n) is 16.8. The monoisotopic (exact) mass is 988 g/mol. The normalized spacial score (nSPS) is 12.1. The first-order valence-electron chi connectivity index (χ1n) is 26.9. The molecular weight excluding hydrogens is 945 g/mol. The van der Waals surface area contributed by atoms with Crippen molar-refractivity contribution in [3.05, 3.63) is 267 Å². The van der Waals surface area contributed by atoms with Gasteiger partial charge < -0.3 is 8.83 Å². The van der Waals surface area contributed by atoms with Crippen LogP contribution in [0.3, 0.4) is 0 Å². The highest BCUT2D eigenvalue weighted by Crippen LogP contribution is 2.51. The molecule has 0 saturated heterocycles. The highest BCUT2D eigenvalue weighted by molar-refractivity contribution is 6.29. The Morgan fingerprint density at radius 1 is 0.192 bits per heavy atom. The fourth-order valence-corrected chi connectivity index (χ4v) is 13.4. The zero-order valence-corrected chi connectivity index (χ0v) is 42.2. The molecule has 2 heteroatoms. The fraction of sp³-hybridized carbons (Fsp3) is 0. The summed E-state index contributed by atoms with van der Waals surface area (Å²) < 4.78 is 13.9. The lowest BCUT2D eigenvalue weighted by atomic mass is 9.83. The summed E-state index contributed by atoms with van der Waals surface area (Å²) in [5.74, 6) is 0. The number of hydrogen-bond donors (Lipinski definition) is 0. The third kappa shape index (κ3) is 6.26. The molecule has 0 N–H and O–H groups in total. The molecule has 0 aliphatic heterocycles. The Labute approximate surface area is 448 Å². The summed E-state index contributed by atoms with van der Waals surface area (Å²) in [6, 6.07) is 97.8. The Bertz CT molecular complexity index is 5260. The van der Waals surface area contributed by atoms with Gasteiger partial charge >= 0.3 is 0 Å². The second-order valence-corrected chi connectivity index (χ2v) is 20.9. The van der Waals surface area contributed by atoms with Gasteiger partial charge in [-0.1, -0.05) is 231 Å². The van der Waals surface area contributed by atoms with Gasteiger partial charge in [0.05, 0.1) is 0 Å². The molecule has 78 heavy (non-hydrogen) atoms. The minimum absolute atomic E-state index is 0.875. The van der Waals surface area contributed by atoms with E-state index in [-0.39, 0.29) is 0 Å². The van der Waals surface area contributed by atoms with Crippen LogP contribution in [0.25, 0.3) is 175 Å². The molecule has 0 spiro atoms. The molecule has 360 valence electrons. The van der Waals surface area contributed by atoms with Gasteiger partial charge in [0.1, 0.15) is 22.3 Å². The van der Waals surface area contributed by atoms with E-state index < -0.39 is 0 Å². The molecule has 2 aromatic heterocycles. The zero-order valence-electron chi connectivity index (χ0n) is 42.2. The third-order valence-corrected chi connectivity index (χ3v) is 16.8. The molecule has 0 unspecified atom stereocenters. The number of hydrogen-bond acceptors (Lipinski definition) is 2. The van der Waals surface area contributed by atoms with Crippen molar-refractivity contribution >= 4 is 119 Å². The Kier molecular flexibility index (Phi) is 9.16. The number of furan rings is 2. The Morgan fingerprint density at radius 2 is 0.564 bits per heavy atom. The van der Waals surface area contributed by atoms with Crippen LogP contribution in [0.2, 0.25) is 0 Å². The van der Waals surface area contributed by atoms with E-state index in [2.05, 4.69) is 267 Å². The van der Waals surface area contributed by atoms with Crippen molar-refractivity contribution in [3.63, 3.8) is 0 Å². The van der Waals surface area contributed by atoms with Crippen LogP contribution in [0.1, 0.15) is 0 Å². The molecule has 15 aromatic carbocycles. The highest BCUT2D eigenvalue weighted by Gasteiger charge is 2.25. The van der Waals surface area contributed by atoms with Crippen molar-refractivity contribution in [2.24, 2.45) is 0 Å². The summed E-state index contributed by atoms with van der Waals surface area (Å²) >= 11 is 0. The summed E-state index contributed by atoms with van der Waals surface area (Å²) in [5, 5.41) is 21.4. The maximum Gasteiger partial charge on any atom is 0.143 e. The average molecular weight is 989 g/mol. The van der Waals surface area contributed by atoms with E-state index in [1.54, 1.807) is 0 Å². The van der Waals surface area contributed by atoms with Gasteiger partial charge in [0.2, 0.25) is 0 Å². The molecule has 2 heterocycles. The number of benzene rings is 15. The van der Waals surface area contributed by atoms with Gasteiger partial charge in [0.25, 0.3) is 0 Å². The second kappa shape index (κ2) is 16.6. The van der Waals surface area contributed by atoms with E-state index in [4.69, 9.17) is 8.83 Å². The Morgan fingerprint density at radius 3 is 1.12 bits per heavy atom. The first-order chi connectivity index (χ1) is 38.7. The molecule has 17 aromatic rings. The van der Waals surface area contributed by atoms with Crippen LogP contribution in [-0.4, -0.2) is 0 Å². The first-order valence-corrected chi connectivity index (χ1v) is 26.9. The summed E-state index contributed by atoms with van der Waals surface area (Å²) in [5.41, 5.74) is 15.3. The number of rotatable bonds is 5. The van der Waals surface area contributed by atoms with Gasteiger partial charge in [-0.05, 0) is 162 Å². The van der Waals surface area contributed by atoms with Crippen LogP contribution in [0.15, 0.2) is 276 Å². The molecule has 0 bridgehead atoms. The highest BCUT2D eigenvalue weighted by atomic mass is 16.3. The van der Waals surface area contributed by atoms with Gasteiger partial charge in [-0.3, -0.25) is 0 Å². The van der Waals surface area contributed by atoms with Crippen molar-refractivity contribution in [1.82, 2.24) is 0 Å². The average Bonchev–Trinajstić information content (AvgIpc) is 4.23. The molecule has 0 amide bonds. The summed E-state index contributed by atoms with van der Waals surface area (Å²) in [6.45, 7) is 0. The van der Waals surface area contributed by atoms with Crippen molar-refractivity contribution in [1.29, 1.82) is 0 Å². The molecule has 0 aliphatic carbocycles. The lowest BCUT2D eigenvalue weighted by molar-refractivity contribution is 0.669. The maximum atomic E-state index is 7.22. The lowest BCUT2D eigenvalue weighted by Gasteiger charge is -2.20. The topological polar surface area (TPSA) is 26.3 Å². The van der Waals surface area contributed by atoms with Crippen LogP contribution in [0.4, 0.5) is 0 Å². The predicted octanol–water partition coefficient (Wildman–Crippen LogP) is 21.9. The van der Waals surface area contributed by atoms with Gasteiger partial charge in [0.15, 0.2) is 0 Å². The van der Waals surface area contributed by atoms with Crippen LogP contribution in [0.5, 0.6) is 0 Å². The molecule has 0 saturated carbocycles. The summed E-state index contributed by atoms with van der Waals surface area (Å²) in [4.78, 5) is 0. The van der Waals surface area contributed by atoms with E-state index in [0.29, 0.717) is 0 Å². The van der Waals surface area contributed by atoms with Crippen molar-refractivity contribution in [2.75, 3.05) is 0 Å². The molecule has 17 rings (SSSR count). The molecule has 0 aliphatic rings. The van der Waals surface area contributed by atoms with Crippen LogP contribution in [0, 0.1) is 0 Å². The van der Waals surface area contributed by atoms with Crippen LogP contribution >= 0.6 is 0 Å². The van der Waals surface area contributed by atoms with Gasteiger partial charge in [-0.25, -0.2) is 0 Å². The smallest absolute Gasteiger partial charge is 0.143 e. The Balaban J connectivity index is 0.872. The van der Waals surface area contributed by atoms with Crippen molar-refractivity contribution in [3.8, 4) is 55.6 Å². The molecule has 0 atom stereocenters. The summed E-state index contributed by atoms with van der Waals surface area (Å²) in [7, 11) is 0. The van der Waals surface area contributed by atoms with E-state index in [9.17, 15) is 0 Å². The predicted molar refractivity (Wildman–Crippen MR) is 331 cm³/mol. The molecule has 2 nitrogen and oxygen atoms in total. The van der Waals surface area contributed by atoms with E-state index in [0.717, 1.165) is 71.5 Å². The van der Waals surface area contributed by atoms with E-state index >= 15 is 0 Å². The zero-order chi connectivity index (χ0) is 51.0. The molecule has 0 fully saturated rings. The van der Waals surface area contributed by atoms with Crippen molar-refractivity contribution in [2.45, 2.75) is 0 Å². The first kappa shape index (κ1) is 43.0. The van der Waals surface area contributed by atoms with E-state index in [1.807, 2.05) is 0 Å². The van der Waals surface area contributed by atoms with Gasteiger partial charge in [-0.15, -0.1) is 0 Å². The van der Waals surface area contributed by atoms with Crippen molar-refractivity contribution < 1.29 is 8.83 Å². The maximum absolute atomic E-state index is 7.22. The van der Waals surface area contributed by atoms with Gasteiger partial charge in [0, 0.05) is 27.1 Å². The molecule has 0 radical (unpaired) electrons. The quantitative estimate of drug-likeness (QED) is 0.161. The fourth-order valence-electron chi connectivity index (χ4n) is 13.4. The van der Waals surface area contributed by atoms with Gasteiger partial charge in [-0.2, -0.15) is 0 Å². The standard InChI is InChI=1S/C76H44O2/c1-3-20-50-43-68-65(41-48(50)18-1)74-63(33-16-34-67(74)77-68)72-57-26-9-7-24-55(57)70(56-25-8-10-27-58(56)72)47-37-35-46(36-38-47)53-39-40-64(75-66-42-49-19-2-4-21-51(49)44-69(66)78-76(53)75)73-61-30-13-11-28-59(61)71(60-29-12-14-31-62(60)73)54-32-15-22-45-17-5-6-23-52(45)54/h1-44H. The Hall–Kier alpha value is -10.3. The second-order valence-electron chi connectivity index (χ2n) is 20.9. The van der Waals surface area contributed by atoms with Crippen LogP contribution in [-0.2, 0) is 0 Å². The number of fused-ring (bicyclic) bond motifs is 13. The van der Waals surface area contributed by atoms with Crippen LogP contribution < -0.4 is 0 Å². The SMILES string of the molecule is c1ccc2cc3c(cc2c1)oc1cccc(-c2c4ccccc4c(-c4ccc(-c5ccc(-c6c7ccccc7c(-c7cccc8ccccc78)c7ccccc67)c6c5oc5cc7ccccc7cc56)cc4)c4ccccc24)c13. The molecular formula is C76H44O2. The lowest BCUT2D eigenvalue weighted by Crippen LogP contribution is -1.93. The largest absolute Gasteiger partial charge is 0.456 e.